The van der Waals surface area contributed by atoms with Gasteiger partial charge in [0.05, 0.1) is 0 Å². The van der Waals surface area contributed by atoms with Crippen molar-refractivity contribution in [3.63, 3.8) is 0 Å². The minimum absolute atomic E-state index is 0.130. The molecule has 5 rings (SSSR count). The second-order valence-corrected chi connectivity index (χ2v) is 8.10. The number of fused-ring (bicyclic) bond motifs is 3. The second kappa shape index (κ2) is 7.96. The largest absolute Gasteiger partial charge is 0.480 e. The van der Waals surface area contributed by atoms with Crippen molar-refractivity contribution in [2.75, 3.05) is 16.8 Å². The number of para-hydroxylation sites is 2. The molecule has 1 amide bonds. The maximum Gasteiger partial charge on any atom is 0.326 e. The first-order valence-corrected chi connectivity index (χ1v) is 10.5. The van der Waals surface area contributed by atoms with Crippen LogP contribution >= 0.6 is 0 Å². The third kappa shape index (κ3) is 3.64. The Morgan fingerprint density at radius 2 is 1.88 bits per heavy atom. The smallest absolute Gasteiger partial charge is 0.326 e. The first kappa shape index (κ1) is 20.0. The molecule has 8 nitrogen and oxygen atoms in total. The standard InChI is InChI=1S/C24H22N4O4/c1-14-25-21-17-9-5-6-10-19(17)32-22(21)23(26-14)28-13-15(11-18(28)24(30)31)12-20(29)27-16-7-3-2-4-8-16/h2-10,15,18H,11-13H2,1H3,(H,27,29)(H,30,31)/t15-,18+/m1/s1. The van der Waals surface area contributed by atoms with E-state index in [1.165, 1.54) is 0 Å². The van der Waals surface area contributed by atoms with E-state index >= 15 is 0 Å². The number of rotatable bonds is 5. The van der Waals surface area contributed by atoms with Crippen molar-refractivity contribution in [3.05, 3.63) is 60.4 Å². The highest BCUT2D eigenvalue weighted by atomic mass is 16.4. The van der Waals surface area contributed by atoms with Crippen LogP contribution < -0.4 is 10.2 Å². The Balaban J connectivity index is 1.45. The van der Waals surface area contributed by atoms with Gasteiger partial charge in [-0.25, -0.2) is 14.8 Å². The molecule has 4 aromatic rings. The quantitative estimate of drug-likeness (QED) is 0.493. The molecule has 1 aliphatic heterocycles. The Labute approximate surface area is 183 Å². The highest BCUT2D eigenvalue weighted by Crippen LogP contribution is 2.37. The van der Waals surface area contributed by atoms with E-state index in [2.05, 4.69) is 15.3 Å². The van der Waals surface area contributed by atoms with E-state index < -0.39 is 12.0 Å². The summed E-state index contributed by atoms with van der Waals surface area (Å²) < 4.78 is 6.04. The van der Waals surface area contributed by atoms with E-state index in [-0.39, 0.29) is 18.2 Å². The van der Waals surface area contributed by atoms with Crippen LogP contribution in [-0.2, 0) is 9.59 Å². The molecule has 2 aromatic heterocycles. The molecule has 2 aromatic carbocycles. The number of aromatic nitrogens is 2. The molecule has 3 heterocycles. The number of furan rings is 1. The molecule has 1 saturated heterocycles. The van der Waals surface area contributed by atoms with Crippen LogP contribution in [0, 0.1) is 12.8 Å². The van der Waals surface area contributed by atoms with Gasteiger partial charge < -0.3 is 19.7 Å². The van der Waals surface area contributed by atoms with Gasteiger partial charge in [0, 0.05) is 24.0 Å². The molecule has 0 radical (unpaired) electrons. The lowest BCUT2D eigenvalue weighted by molar-refractivity contribution is -0.138. The molecule has 2 atom stereocenters. The molecule has 0 spiro atoms. The molecule has 162 valence electrons. The molecule has 1 fully saturated rings. The van der Waals surface area contributed by atoms with Gasteiger partial charge in [-0.05, 0) is 43.5 Å². The lowest BCUT2D eigenvalue weighted by atomic mass is 10.0. The van der Waals surface area contributed by atoms with Gasteiger partial charge in [0.15, 0.2) is 11.4 Å². The summed E-state index contributed by atoms with van der Waals surface area (Å²) in [6, 6.07) is 16.0. The fourth-order valence-electron chi connectivity index (χ4n) is 4.41. The SMILES string of the molecule is Cc1nc(N2C[C@@H](CC(=O)Nc3ccccc3)C[C@H]2C(=O)O)c2oc3ccccc3c2n1. The monoisotopic (exact) mass is 430 g/mol. The van der Waals surface area contributed by atoms with Crippen LogP contribution in [0.4, 0.5) is 11.5 Å². The Kier molecular flexibility index (Phi) is 4.97. The lowest BCUT2D eigenvalue weighted by Crippen LogP contribution is -2.36. The Hall–Kier alpha value is -3.94. The Morgan fingerprint density at radius 3 is 2.66 bits per heavy atom. The number of amides is 1. The van der Waals surface area contributed by atoms with E-state index in [4.69, 9.17) is 4.42 Å². The Morgan fingerprint density at radius 1 is 1.12 bits per heavy atom. The van der Waals surface area contributed by atoms with Crippen LogP contribution in [0.3, 0.4) is 0 Å². The molecule has 0 unspecified atom stereocenters. The van der Waals surface area contributed by atoms with Gasteiger partial charge in [0.2, 0.25) is 5.91 Å². The van der Waals surface area contributed by atoms with Crippen molar-refractivity contribution in [2.24, 2.45) is 5.92 Å². The summed E-state index contributed by atoms with van der Waals surface area (Å²) in [6.07, 6.45) is 0.574. The predicted molar refractivity (Wildman–Crippen MR) is 121 cm³/mol. The average molecular weight is 430 g/mol. The summed E-state index contributed by atoms with van der Waals surface area (Å²) in [5.41, 5.74) is 2.53. The zero-order valence-electron chi connectivity index (χ0n) is 17.5. The number of anilines is 2. The molecular formula is C24H22N4O4. The average Bonchev–Trinajstić information content (AvgIpc) is 3.35. The number of carbonyl (C=O) groups is 2. The summed E-state index contributed by atoms with van der Waals surface area (Å²) >= 11 is 0. The van der Waals surface area contributed by atoms with Crippen LogP contribution in [0.15, 0.2) is 59.0 Å². The number of benzene rings is 2. The van der Waals surface area contributed by atoms with E-state index in [1.54, 1.807) is 11.8 Å². The minimum Gasteiger partial charge on any atom is -0.480 e. The van der Waals surface area contributed by atoms with Gasteiger partial charge in [-0.3, -0.25) is 4.79 Å². The Bertz CT molecular complexity index is 1320. The summed E-state index contributed by atoms with van der Waals surface area (Å²) in [4.78, 5) is 35.5. The van der Waals surface area contributed by atoms with Gasteiger partial charge in [-0.1, -0.05) is 30.3 Å². The zero-order chi connectivity index (χ0) is 22.2. The number of hydrogen-bond acceptors (Lipinski definition) is 6. The second-order valence-electron chi connectivity index (χ2n) is 8.10. The summed E-state index contributed by atoms with van der Waals surface area (Å²) in [5, 5.41) is 13.6. The summed E-state index contributed by atoms with van der Waals surface area (Å²) in [5.74, 6) is -0.221. The number of aryl methyl sites for hydroxylation is 1. The number of carboxylic acids is 1. The topological polar surface area (TPSA) is 109 Å². The van der Waals surface area contributed by atoms with Crippen molar-refractivity contribution in [1.29, 1.82) is 0 Å². The molecule has 0 saturated carbocycles. The molecule has 0 aliphatic carbocycles. The van der Waals surface area contributed by atoms with Crippen molar-refractivity contribution < 1.29 is 19.1 Å². The third-order valence-electron chi connectivity index (χ3n) is 5.79. The van der Waals surface area contributed by atoms with Crippen LogP contribution in [0.1, 0.15) is 18.7 Å². The van der Waals surface area contributed by atoms with Crippen LogP contribution in [0.25, 0.3) is 22.1 Å². The number of nitrogens with zero attached hydrogens (tertiary/aromatic N) is 3. The van der Waals surface area contributed by atoms with Crippen LogP contribution in [0.5, 0.6) is 0 Å². The number of carboxylic acid groups (broad SMARTS) is 1. The van der Waals surface area contributed by atoms with E-state index in [1.807, 2.05) is 54.6 Å². The van der Waals surface area contributed by atoms with Gasteiger partial charge >= 0.3 is 5.97 Å². The van der Waals surface area contributed by atoms with Gasteiger partial charge in [0.25, 0.3) is 0 Å². The maximum absolute atomic E-state index is 12.6. The van der Waals surface area contributed by atoms with Crippen LogP contribution in [-0.4, -0.2) is 39.5 Å². The van der Waals surface area contributed by atoms with Crippen LogP contribution in [0.2, 0.25) is 0 Å². The van der Waals surface area contributed by atoms with Gasteiger partial charge in [0.1, 0.15) is 23.0 Å². The highest BCUT2D eigenvalue weighted by Gasteiger charge is 2.40. The molecule has 1 aliphatic rings. The van der Waals surface area contributed by atoms with Crippen molar-refractivity contribution >= 4 is 45.5 Å². The fourth-order valence-corrected chi connectivity index (χ4v) is 4.41. The maximum atomic E-state index is 12.6. The zero-order valence-corrected chi connectivity index (χ0v) is 17.5. The molecule has 2 N–H and O–H groups in total. The van der Waals surface area contributed by atoms with Crippen molar-refractivity contribution in [1.82, 2.24) is 9.97 Å². The normalized spacial score (nSPS) is 18.3. The van der Waals surface area contributed by atoms with Gasteiger partial charge in [-0.2, -0.15) is 0 Å². The first-order chi connectivity index (χ1) is 15.5. The number of carbonyl (C=O) groups excluding carboxylic acids is 1. The molecule has 0 bridgehead atoms. The third-order valence-corrected chi connectivity index (χ3v) is 5.79. The van der Waals surface area contributed by atoms with Gasteiger partial charge in [-0.15, -0.1) is 0 Å². The van der Waals surface area contributed by atoms with Crippen molar-refractivity contribution in [3.8, 4) is 0 Å². The molecule has 32 heavy (non-hydrogen) atoms. The van der Waals surface area contributed by atoms with Crippen molar-refractivity contribution in [2.45, 2.75) is 25.8 Å². The summed E-state index contributed by atoms with van der Waals surface area (Å²) in [6.45, 7) is 2.17. The lowest BCUT2D eigenvalue weighted by Gasteiger charge is -2.22. The summed E-state index contributed by atoms with van der Waals surface area (Å²) in [7, 11) is 0. The fraction of sp³-hybridized carbons (Fsp3) is 0.250. The number of hydrogen-bond donors (Lipinski definition) is 2. The molecule has 8 heteroatoms. The van der Waals surface area contributed by atoms with E-state index in [0.29, 0.717) is 41.3 Å². The van der Waals surface area contributed by atoms with E-state index in [9.17, 15) is 14.7 Å². The predicted octanol–water partition coefficient (Wildman–Crippen LogP) is 3.99. The first-order valence-electron chi connectivity index (χ1n) is 10.5. The molecular weight excluding hydrogens is 408 g/mol. The van der Waals surface area contributed by atoms with E-state index in [0.717, 1.165) is 11.1 Å². The minimum atomic E-state index is -0.948. The highest BCUT2D eigenvalue weighted by molar-refractivity contribution is 6.06. The number of nitrogens with one attached hydrogen (secondary N) is 1. The number of aliphatic carboxylic acids is 1.